The highest BCUT2D eigenvalue weighted by atomic mass is 19.4. The van der Waals surface area contributed by atoms with Gasteiger partial charge in [-0.25, -0.2) is 9.18 Å². The lowest BCUT2D eigenvalue weighted by molar-refractivity contribution is -0.150. The number of esters is 1. The number of carbonyl (C=O) groups is 1. The molecule has 21 heavy (non-hydrogen) atoms. The van der Waals surface area contributed by atoms with Gasteiger partial charge in [-0.1, -0.05) is 18.7 Å². The highest BCUT2D eigenvalue weighted by Crippen LogP contribution is 2.32. The molecule has 0 saturated heterocycles. The molecule has 0 fully saturated rings. The summed E-state index contributed by atoms with van der Waals surface area (Å²) in [5, 5.41) is 0. The first-order valence-corrected chi connectivity index (χ1v) is 6.15. The monoisotopic (exact) mass is 304 g/mol. The van der Waals surface area contributed by atoms with Gasteiger partial charge in [0.15, 0.2) is 6.17 Å². The molecular formula is C15H16F4O2. The third-order valence-electron chi connectivity index (χ3n) is 2.50. The van der Waals surface area contributed by atoms with Crippen LogP contribution in [0.4, 0.5) is 17.6 Å². The number of ether oxygens (including phenoxy) is 1. The van der Waals surface area contributed by atoms with E-state index in [2.05, 4.69) is 6.58 Å². The topological polar surface area (TPSA) is 26.3 Å². The molecule has 0 spiro atoms. The van der Waals surface area contributed by atoms with E-state index in [-0.39, 0.29) is 5.56 Å². The van der Waals surface area contributed by atoms with Gasteiger partial charge < -0.3 is 4.74 Å². The van der Waals surface area contributed by atoms with Gasteiger partial charge in [0.25, 0.3) is 0 Å². The fraction of sp³-hybridized carbons (Fsp3) is 0.400. The Morgan fingerprint density at radius 2 is 1.62 bits per heavy atom. The summed E-state index contributed by atoms with van der Waals surface area (Å²) in [5.74, 6) is -0.921. The first-order chi connectivity index (χ1) is 9.42. The molecule has 1 atom stereocenters. The summed E-state index contributed by atoms with van der Waals surface area (Å²) >= 11 is 0. The van der Waals surface area contributed by atoms with Gasteiger partial charge in [0.1, 0.15) is 5.60 Å². The molecule has 1 unspecified atom stereocenters. The molecule has 116 valence electrons. The van der Waals surface area contributed by atoms with E-state index in [4.69, 9.17) is 4.74 Å². The van der Waals surface area contributed by atoms with Gasteiger partial charge >= 0.3 is 12.1 Å². The summed E-state index contributed by atoms with van der Waals surface area (Å²) in [7, 11) is 0. The lowest BCUT2D eigenvalue weighted by Gasteiger charge is -2.21. The van der Waals surface area contributed by atoms with Gasteiger partial charge in [-0.05, 0) is 38.5 Å². The van der Waals surface area contributed by atoms with Crippen LogP contribution in [0.3, 0.4) is 0 Å². The third-order valence-corrected chi connectivity index (χ3v) is 2.50. The maximum atomic E-state index is 14.1. The summed E-state index contributed by atoms with van der Waals surface area (Å²) in [4.78, 5) is 11.7. The quantitative estimate of drug-likeness (QED) is 0.463. The van der Waals surface area contributed by atoms with Gasteiger partial charge in [-0.3, -0.25) is 0 Å². The summed E-state index contributed by atoms with van der Waals surface area (Å²) in [5.41, 5.74) is -2.23. The van der Waals surface area contributed by atoms with E-state index in [1.165, 1.54) is 0 Å². The number of carbonyl (C=O) groups excluding carboxylic acids is 1. The van der Waals surface area contributed by atoms with E-state index in [0.717, 1.165) is 24.3 Å². The molecule has 0 aliphatic carbocycles. The number of benzene rings is 1. The van der Waals surface area contributed by atoms with Crippen LogP contribution in [-0.2, 0) is 15.7 Å². The average molecular weight is 304 g/mol. The molecule has 0 aromatic heterocycles. The van der Waals surface area contributed by atoms with E-state index in [9.17, 15) is 22.4 Å². The van der Waals surface area contributed by atoms with Crippen molar-refractivity contribution in [3.63, 3.8) is 0 Å². The van der Waals surface area contributed by atoms with Crippen LogP contribution in [0.15, 0.2) is 36.4 Å². The molecule has 2 nitrogen and oxygen atoms in total. The molecule has 0 aliphatic rings. The van der Waals surface area contributed by atoms with E-state index < -0.39 is 35.1 Å². The van der Waals surface area contributed by atoms with E-state index >= 15 is 0 Å². The number of hydrogen-bond donors (Lipinski definition) is 0. The normalized spacial score (nSPS) is 13.7. The second-order valence-corrected chi connectivity index (χ2v) is 5.51. The number of rotatable bonds is 3. The predicted molar refractivity (Wildman–Crippen MR) is 70.3 cm³/mol. The van der Waals surface area contributed by atoms with Crippen molar-refractivity contribution in [1.29, 1.82) is 0 Å². The zero-order valence-electron chi connectivity index (χ0n) is 11.9. The Kier molecular flexibility index (Phi) is 4.81. The largest absolute Gasteiger partial charge is 0.457 e. The Balaban J connectivity index is 2.86. The zero-order chi connectivity index (χ0) is 16.4. The summed E-state index contributed by atoms with van der Waals surface area (Å²) in [6, 6.07) is 3.46. The van der Waals surface area contributed by atoms with Gasteiger partial charge in [0.2, 0.25) is 0 Å². The van der Waals surface area contributed by atoms with Crippen LogP contribution in [0, 0.1) is 0 Å². The van der Waals surface area contributed by atoms with Crippen LogP contribution in [-0.4, -0.2) is 11.6 Å². The minimum Gasteiger partial charge on any atom is -0.457 e. The van der Waals surface area contributed by atoms with Crippen molar-refractivity contribution in [2.45, 2.75) is 38.7 Å². The first kappa shape index (κ1) is 17.2. The second kappa shape index (κ2) is 5.87. The molecular weight excluding hydrogens is 288 g/mol. The molecule has 6 heteroatoms. The summed E-state index contributed by atoms with van der Waals surface area (Å²) < 4.78 is 56.3. The lowest BCUT2D eigenvalue weighted by atomic mass is 10.0. The summed E-state index contributed by atoms with van der Waals surface area (Å²) in [6.07, 6.45) is -6.41. The highest BCUT2D eigenvalue weighted by molar-refractivity contribution is 5.89. The van der Waals surface area contributed by atoms with Crippen molar-refractivity contribution in [2.75, 3.05) is 0 Å². The molecule has 0 heterocycles. The standard InChI is InChI=1S/C15H16F4O2/c1-9(13(20)21-14(2,3)4)12(16)10-5-7-11(8-6-10)15(17,18)19/h5-8,12H,1H2,2-4H3. The van der Waals surface area contributed by atoms with Gasteiger partial charge in [0.05, 0.1) is 11.1 Å². The first-order valence-electron chi connectivity index (χ1n) is 6.15. The molecule has 0 radical (unpaired) electrons. The van der Waals surface area contributed by atoms with Crippen molar-refractivity contribution < 1.29 is 27.1 Å². The van der Waals surface area contributed by atoms with Crippen molar-refractivity contribution in [2.24, 2.45) is 0 Å². The summed E-state index contributed by atoms with van der Waals surface area (Å²) in [6.45, 7) is 8.16. The van der Waals surface area contributed by atoms with Crippen molar-refractivity contribution in [3.05, 3.63) is 47.5 Å². The Labute approximate surface area is 120 Å². The maximum absolute atomic E-state index is 14.1. The van der Waals surface area contributed by atoms with Crippen LogP contribution in [0.1, 0.15) is 38.1 Å². The number of alkyl halides is 4. The van der Waals surface area contributed by atoms with Gasteiger partial charge in [-0.2, -0.15) is 13.2 Å². The smallest absolute Gasteiger partial charge is 0.416 e. The van der Waals surface area contributed by atoms with E-state index in [1.807, 2.05) is 0 Å². The fourth-order valence-electron chi connectivity index (χ4n) is 1.49. The fourth-order valence-corrected chi connectivity index (χ4v) is 1.49. The van der Waals surface area contributed by atoms with Crippen molar-refractivity contribution in [1.82, 2.24) is 0 Å². The minimum atomic E-state index is -4.49. The Hall–Kier alpha value is -1.85. The van der Waals surface area contributed by atoms with E-state index in [0.29, 0.717) is 0 Å². The SMILES string of the molecule is C=C(C(=O)OC(C)(C)C)C(F)c1ccc(C(F)(F)F)cc1. The molecule has 0 N–H and O–H groups in total. The van der Waals surface area contributed by atoms with Gasteiger partial charge in [0, 0.05) is 0 Å². The molecule has 0 bridgehead atoms. The molecule has 1 aromatic carbocycles. The number of halogens is 4. The molecule has 1 aromatic rings. The van der Waals surface area contributed by atoms with E-state index in [1.54, 1.807) is 20.8 Å². The Morgan fingerprint density at radius 3 is 2.00 bits per heavy atom. The van der Waals surface area contributed by atoms with Crippen LogP contribution in [0.2, 0.25) is 0 Å². The van der Waals surface area contributed by atoms with Gasteiger partial charge in [-0.15, -0.1) is 0 Å². The highest BCUT2D eigenvalue weighted by Gasteiger charge is 2.31. The predicted octanol–water partition coefficient (Wildman–Crippen LogP) is 4.61. The minimum absolute atomic E-state index is 0.0844. The zero-order valence-corrected chi connectivity index (χ0v) is 11.9. The van der Waals surface area contributed by atoms with Crippen LogP contribution in [0.5, 0.6) is 0 Å². The Morgan fingerprint density at radius 1 is 1.14 bits per heavy atom. The molecule has 0 saturated carbocycles. The average Bonchev–Trinajstić information content (AvgIpc) is 2.34. The molecule has 1 rings (SSSR count). The third kappa shape index (κ3) is 4.88. The van der Waals surface area contributed by atoms with Crippen LogP contribution < -0.4 is 0 Å². The van der Waals surface area contributed by atoms with Crippen LogP contribution >= 0.6 is 0 Å². The van der Waals surface area contributed by atoms with Crippen molar-refractivity contribution in [3.8, 4) is 0 Å². The van der Waals surface area contributed by atoms with Crippen LogP contribution in [0.25, 0.3) is 0 Å². The second-order valence-electron chi connectivity index (χ2n) is 5.51. The lowest BCUT2D eigenvalue weighted by Crippen LogP contribution is -2.25. The number of hydrogen-bond acceptors (Lipinski definition) is 2. The maximum Gasteiger partial charge on any atom is 0.416 e. The van der Waals surface area contributed by atoms with Crippen molar-refractivity contribution >= 4 is 5.97 Å². The Bertz CT molecular complexity index is 524. The molecule has 0 amide bonds. The molecule has 0 aliphatic heterocycles.